The number of piperidine rings is 1. The van der Waals surface area contributed by atoms with Crippen LogP contribution in [0.15, 0.2) is 9.42 Å². The zero-order chi connectivity index (χ0) is 13.3. The van der Waals surface area contributed by atoms with Crippen molar-refractivity contribution in [2.24, 2.45) is 5.92 Å². The second kappa shape index (κ2) is 4.99. The zero-order valence-corrected chi connectivity index (χ0v) is 11.4. The molecule has 1 aliphatic rings. The van der Waals surface area contributed by atoms with Gasteiger partial charge in [-0.1, -0.05) is 5.16 Å². The van der Waals surface area contributed by atoms with Gasteiger partial charge in [0.1, 0.15) is 10.6 Å². The summed E-state index contributed by atoms with van der Waals surface area (Å²) >= 11 is 0. The second-order valence-corrected chi connectivity index (χ2v) is 6.58. The maximum absolute atomic E-state index is 12.5. The third-order valence-electron chi connectivity index (χ3n) is 3.31. The first-order chi connectivity index (χ1) is 8.46. The molecule has 2 heterocycles. The molecule has 0 aromatic carbocycles. The van der Waals surface area contributed by atoms with Crippen LogP contribution in [0.4, 0.5) is 0 Å². The Bertz CT molecular complexity index is 504. The summed E-state index contributed by atoms with van der Waals surface area (Å²) in [7, 11) is -3.56. The third-order valence-corrected chi connectivity index (χ3v) is 5.42. The van der Waals surface area contributed by atoms with Gasteiger partial charge in [0, 0.05) is 19.7 Å². The quantitative estimate of drug-likeness (QED) is 0.876. The number of hydrogen-bond donors (Lipinski definition) is 1. The normalized spacial score (nSPS) is 22.3. The van der Waals surface area contributed by atoms with E-state index in [2.05, 4.69) is 5.16 Å². The van der Waals surface area contributed by atoms with Gasteiger partial charge in [-0.05, 0) is 32.6 Å². The summed E-state index contributed by atoms with van der Waals surface area (Å²) in [4.78, 5) is 0.168. The molecule has 0 aliphatic carbocycles. The van der Waals surface area contributed by atoms with E-state index in [1.54, 1.807) is 13.8 Å². The van der Waals surface area contributed by atoms with Crippen molar-refractivity contribution in [2.75, 3.05) is 19.7 Å². The molecule has 6 nitrogen and oxygen atoms in total. The molecule has 18 heavy (non-hydrogen) atoms. The van der Waals surface area contributed by atoms with Crippen molar-refractivity contribution < 1.29 is 18.0 Å². The van der Waals surface area contributed by atoms with Crippen LogP contribution < -0.4 is 0 Å². The van der Waals surface area contributed by atoms with E-state index >= 15 is 0 Å². The predicted octanol–water partition coefficient (Wildman–Crippen LogP) is 0.684. The summed E-state index contributed by atoms with van der Waals surface area (Å²) in [5.41, 5.74) is 0.388. The van der Waals surface area contributed by atoms with E-state index < -0.39 is 10.0 Å². The average molecular weight is 274 g/mol. The van der Waals surface area contributed by atoms with Crippen LogP contribution in [0, 0.1) is 19.8 Å². The van der Waals surface area contributed by atoms with Gasteiger partial charge in [-0.15, -0.1) is 0 Å². The van der Waals surface area contributed by atoms with E-state index in [9.17, 15) is 8.42 Å². The number of aryl methyl sites for hydroxylation is 2. The Morgan fingerprint density at radius 3 is 2.78 bits per heavy atom. The molecular formula is C11H18N2O4S. The summed E-state index contributed by atoms with van der Waals surface area (Å²) in [6.45, 7) is 4.09. The van der Waals surface area contributed by atoms with Crippen molar-refractivity contribution in [1.29, 1.82) is 0 Å². The van der Waals surface area contributed by atoms with Crippen molar-refractivity contribution in [3.63, 3.8) is 0 Å². The first kappa shape index (κ1) is 13.5. The SMILES string of the molecule is Cc1noc(C)c1S(=O)(=O)N1CCCC(CO)C1. The van der Waals surface area contributed by atoms with Crippen LogP contribution in [-0.2, 0) is 10.0 Å². The number of aromatic nitrogens is 1. The molecule has 1 aromatic heterocycles. The molecule has 7 heteroatoms. The van der Waals surface area contributed by atoms with Gasteiger partial charge in [0.15, 0.2) is 5.76 Å². The molecule has 1 N–H and O–H groups in total. The van der Waals surface area contributed by atoms with Gasteiger partial charge >= 0.3 is 0 Å². The lowest BCUT2D eigenvalue weighted by molar-refractivity contribution is 0.165. The van der Waals surface area contributed by atoms with E-state index in [4.69, 9.17) is 9.63 Å². The van der Waals surface area contributed by atoms with Gasteiger partial charge in [0.05, 0.1) is 0 Å². The van der Waals surface area contributed by atoms with Crippen LogP contribution in [-0.4, -0.2) is 42.7 Å². The van der Waals surface area contributed by atoms with E-state index in [0.29, 0.717) is 24.5 Å². The second-order valence-electron chi connectivity index (χ2n) is 4.71. The van der Waals surface area contributed by atoms with Crippen molar-refractivity contribution in [3.05, 3.63) is 11.5 Å². The monoisotopic (exact) mass is 274 g/mol. The lowest BCUT2D eigenvalue weighted by atomic mass is 10.0. The fourth-order valence-corrected chi connectivity index (χ4v) is 4.21. The fourth-order valence-electron chi connectivity index (χ4n) is 2.37. The van der Waals surface area contributed by atoms with E-state index in [0.717, 1.165) is 12.8 Å². The highest BCUT2D eigenvalue weighted by Gasteiger charge is 2.34. The Morgan fingerprint density at radius 2 is 2.22 bits per heavy atom. The summed E-state index contributed by atoms with van der Waals surface area (Å²) in [5, 5.41) is 12.8. The van der Waals surface area contributed by atoms with Gasteiger partial charge in [0.2, 0.25) is 10.0 Å². The minimum absolute atomic E-state index is 0.0214. The minimum Gasteiger partial charge on any atom is -0.396 e. The van der Waals surface area contributed by atoms with Crippen LogP contribution in [0.3, 0.4) is 0 Å². The van der Waals surface area contributed by atoms with Gasteiger partial charge < -0.3 is 9.63 Å². The van der Waals surface area contributed by atoms with E-state index in [-0.39, 0.29) is 17.4 Å². The molecule has 0 bridgehead atoms. The first-order valence-corrected chi connectivity index (χ1v) is 7.44. The highest BCUT2D eigenvalue weighted by Crippen LogP contribution is 2.27. The van der Waals surface area contributed by atoms with E-state index in [1.165, 1.54) is 4.31 Å². The van der Waals surface area contributed by atoms with Crippen LogP contribution in [0.25, 0.3) is 0 Å². The Kier molecular flexibility index (Phi) is 3.74. The standard InChI is InChI=1S/C11H18N2O4S/c1-8-11(9(2)17-12-8)18(15,16)13-5-3-4-10(6-13)7-14/h10,14H,3-7H2,1-2H3. The van der Waals surface area contributed by atoms with Crippen LogP contribution in [0.2, 0.25) is 0 Å². The van der Waals surface area contributed by atoms with Gasteiger partial charge in [-0.2, -0.15) is 4.31 Å². The topological polar surface area (TPSA) is 83.6 Å². The summed E-state index contributed by atoms with van der Waals surface area (Å²) in [6.07, 6.45) is 1.64. The minimum atomic E-state index is -3.56. The number of sulfonamides is 1. The molecule has 1 saturated heterocycles. The first-order valence-electron chi connectivity index (χ1n) is 6.00. The molecule has 0 saturated carbocycles. The summed E-state index contributed by atoms with van der Waals surface area (Å²) in [5.74, 6) is 0.340. The molecule has 0 amide bonds. The van der Waals surface area contributed by atoms with Crippen molar-refractivity contribution in [1.82, 2.24) is 9.46 Å². The molecule has 102 valence electrons. The van der Waals surface area contributed by atoms with Crippen LogP contribution in [0.5, 0.6) is 0 Å². The van der Waals surface area contributed by atoms with E-state index in [1.807, 2.05) is 0 Å². The summed E-state index contributed by atoms with van der Waals surface area (Å²) in [6, 6.07) is 0. The average Bonchev–Trinajstić information content (AvgIpc) is 2.69. The molecule has 1 aliphatic heterocycles. The molecule has 0 spiro atoms. The smallest absolute Gasteiger partial charge is 0.248 e. The highest BCUT2D eigenvalue weighted by molar-refractivity contribution is 7.89. The molecule has 0 radical (unpaired) electrons. The lowest BCUT2D eigenvalue weighted by Gasteiger charge is -2.30. The number of aliphatic hydroxyl groups excluding tert-OH is 1. The largest absolute Gasteiger partial charge is 0.396 e. The lowest BCUT2D eigenvalue weighted by Crippen LogP contribution is -2.41. The Hall–Kier alpha value is -0.920. The molecular weight excluding hydrogens is 256 g/mol. The van der Waals surface area contributed by atoms with Crippen molar-refractivity contribution >= 4 is 10.0 Å². The molecule has 1 fully saturated rings. The van der Waals surface area contributed by atoms with Gasteiger partial charge in [-0.25, -0.2) is 8.42 Å². The maximum atomic E-state index is 12.5. The number of hydrogen-bond acceptors (Lipinski definition) is 5. The molecule has 2 rings (SSSR count). The molecule has 1 unspecified atom stereocenters. The maximum Gasteiger partial charge on any atom is 0.248 e. The van der Waals surface area contributed by atoms with Gasteiger partial charge in [0.25, 0.3) is 0 Å². The zero-order valence-electron chi connectivity index (χ0n) is 10.6. The Morgan fingerprint density at radius 1 is 1.50 bits per heavy atom. The fraction of sp³-hybridized carbons (Fsp3) is 0.727. The predicted molar refractivity (Wildman–Crippen MR) is 64.5 cm³/mol. The number of aliphatic hydroxyl groups is 1. The van der Waals surface area contributed by atoms with Crippen molar-refractivity contribution in [3.8, 4) is 0 Å². The van der Waals surface area contributed by atoms with Crippen LogP contribution in [0.1, 0.15) is 24.3 Å². The molecule has 1 aromatic rings. The highest BCUT2D eigenvalue weighted by atomic mass is 32.2. The van der Waals surface area contributed by atoms with Crippen LogP contribution >= 0.6 is 0 Å². The Labute approximate surface area is 107 Å². The summed E-state index contributed by atoms with van der Waals surface area (Å²) < 4.78 is 31.3. The molecule has 1 atom stereocenters. The Balaban J connectivity index is 2.31. The number of nitrogens with zero attached hydrogens (tertiary/aromatic N) is 2. The van der Waals surface area contributed by atoms with Gasteiger partial charge in [-0.3, -0.25) is 0 Å². The van der Waals surface area contributed by atoms with Crippen molar-refractivity contribution in [2.45, 2.75) is 31.6 Å². The third kappa shape index (κ3) is 2.30. The number of rotatable bonds is 3.